The first-order valence-corrected chi connectivity index (χ1v) is 11.9. The number of nitrogens with one attached hydrogen (secondary N) is 1. The second-order valence-corrected chi connectivity index (χ2v) is 9.74. The Labute approximate surface area is 196 Å². The zero-order chi connectivity index (χ0) is 22.7. The highest BCUT2D eigenvalue weighted by molar-refractivity contribution is 7.92. The molecule has 4 rings (SSSR count). The number of halogens is 2. The van der Waals surface area contributed by atoms with Crippen LogP contribution in [0.4, 0.5) is 11.4 Å². The third kappa shape index (κ3) is 4.72. The minimum absolute atomic E-state index is 0.0459. The van der Waals surface area contributed by atoms with Gasteiger partial charge in [0.15, 0.2) is 0 Å². The van der Waals surface area contributed by atoms with Crippen molar-refractivity contribution in [1.29, 1.82) is 0 Å². The second kappa shape index (κ2) is 9.20. The fourth-order valence-corrected chi connectivity index (χ4v) is 5.32. The number of amides is 1. The van der Waals surface area contributed by atoms with Gasteiger partial charge in [-0.2, -0.15) is 0 Å². The molecule has 0 unspecified atom stereocenters. The van der Waals surface area contributed by atoms with Gasteiger partial charge >= 0.3 is 0 Å². The van der Waals surface area contributed by atoms with Gasteiger partial charge in [0.05, 0.1) is 15.6 Å². The van der Waals surface area contributed by atoms with Crippen LogP contribution in [0.15, 0.2) is 95.9 Å². The SMILES string of the molecule is O=C(CN(c1ccc(Cl)cc1Cl)S(=O)(=O)c1ccccc1)Nc1ccc2ccccc2c1. The molecule has 5 nitrogen and oxygen atoms in total. The minimum atomic E-state index is -4.07. The molecule has 1 N–H and O–H groups in total. The molecule has 4 aromatic carbocycles. The monoisotopic (exact) mass is 484 g/mol. The number of rotatable bonds is 6. The average molecular weight is 485 g/mol. The molecular weight excluding hydrogens is 467 g/mol. The van der Waals surface area contributed by atoms with Gasteiger partial charge in [-0.25, -0.2) is 8.42 Å². The molecule has 4 aromatic rings. The van der Waals surface area contributed by atoms with Crippen molar-refractivity contribution in [3.05, 3.63) is 101 Å². The van der Waals surface area contributed by atoms with Crippen LogP contribution < -0.4 is 9.62 Å². The van der Waals surface area contributed by atoms with Gasteiger partial charge in [-0.3, -0.25) is 9.10 Å². The summed E-state index contributed by atoms with van der Waals surface area (Å²) >= 11 is 12.3. The van der Waals surface area contributed by atoms with Crippen LogP contribution in [0.25, 0.3) is 10.8 Å². The fraction of sp³-hybridized carbons (Fsp3) is 0.0417. The Bertz CT molecular complexity index is 1390. The van der Waals surface area contributed by atoms with Crippen molar-refractivity contribution in [2.75, 3.05) is 16.2 Å². The van der Waals surface area contributed by atoms with Crippen molar-refractivity contribution in [2.24, 2.45) is 0 Å². The number of hydrogen-bond donors (Lipinski definition) is 1. The molecule has 0 saturated heterocycles. The summed E-state index contributed by atoms with van der Waals surface area (Å²) in [5, 5.41) is 5.25. The average Bonchev–Trinajstić information content (AvgIpc) is 2.78. The molecule has 0 radical (unpaired) electrons. The number of nitrogens with zero attached hydrogens (tertiary/aromatic N) is 1. The van der Waals surface area contributed by atoms with E-state index < -0.39 is 22.5 Å². The highest BCUT2D eigenvalue weighted by atomic mass is 35.5. The van der Waals surface area contributed by atoms with E-state index in [4.69, 9.17) is 23.2 Å². The van der Waals surface area contributed by atoms with Gasteiger partial charge in [0.2, 0.25) is 5.91 Å². The first-order valence-electron chi connectivity index (χ1n) is 9.66. The number of sulfonamides is 1. The molecule has 162 valence electrons. The Balaban J connectivity index is 1.67. The molecule has 0 aromatic heterocycles. The maximum atomic E-state index is 13.4. The Morgan fingerprint density at radius 2 is 1.50 bits per heavy atom. The number of benzene rings is 4. The van der Waals surface area contributed by atoms with Crippen LogP contribution in [0.1, 0.15) is 0 Å². The maximum Gasteiger partial charge on any atom is 0.264 e. The summed E-state index contributed by atoms with van der Waals surface area (Å²) in [6, 6.07) is 25.6. The van der Waals surface area contributed by atoms with Gasteiger partial charge in [0.1, 0.15) is 6.54 Å². The summed E-state index contributed by atoms with van der Waals surface area (Å²) in [6.45, 7) is -0.467. The maximum absolute atomic E-state index is 13.4. The zero-order valence-electron chi connectivity index (χ0n) is 16.7. The molecule has 0 fully saturated rings. The summed E-state index contributed by atoms with van der Waals surface area (Å²) in [7, 11) is -4.07. The molecule has 0 saturated carbocycles. The topological polar surface area (TPSA) is 66.5 Å². The Hall–Kier alpha value is -3.06. The predicted molar refractivity (Wildman–Crippen MR) is 130 cm³/mol. The zero-order valence-corrected chi connectivity index (χ0v) is 19.0. The number of hydrogen-bond acceptors (Lipinski definition) is 3. The van der Waals surface area contributed by atoms with Crippen molar-refractivity contribution in [2.45, 2.75) is 4.90 Å². The Kier molecular flexibility index (Phi) is 6.37. The molecule has 0 aliphatic carbocycles. The standard InChI is InChI=1S/C24H18Cl2N2O3S/c25-19-11-13-23(22(26)15-19)28(32(30,31)21-8-2-1-3-9-21)16-24(29)27-20-12-10-17-6-4-5-7-18(17)14-20/h1-15H,16H2,(H,27,29). The normalized spacial score (nSPS) is 11.3. The lowest BCUT2D eigenvalue weighted by Gasteiger charge is -2.25. The lowest BCUT2D eigenvalue weighted by molar-refractivity contribution is -0.114. The molecular formula is C24H18Cl2N2O3S. The van der Waals surface area contributed by atoms with Gasteiger partial charge in [0.25, 0.3) is 10.0 Å². The van der Waals surface area contributed by atoms with Gasteiger partial charge in [-0.1, -0.05) is 71.7 Å². The first kappa shape index (κ1) is 22.1. The molecule has 32 heavy (non-hydrogen) atoms. The third-order valence-corrected chi connectivity index (χ3v) is 7.14. The molecule has 0 heterocycles. The van der Waals surface area contributed by atoms with E-state index in [0.29, 0.717) is 10.7 Å². The fourth-order valence-electron chi connectivity index (χ4n) is 3.30. The molecule has 0 aliphatic rings. The van der Waals surface area contributed by atoms with Gasteiger partial charge in [-0.15, -0.1) is 0 Å². The summed E-state index contributed by atoms with van der Waals surface area (Å²) in [6.07, 6.45) is 0. The summed E-state index contributed by atoms with van der Waals surface area (Å²) < 4.78 is 27.8. The second-order valence-electron chi connectivity index (χ2n) is 7.03. The van der Waals surface area contributed by atoms with E-state index >= 15 is 0 Å². The number of anilines is 2. The lowest BCUT2D eigenvalue weighted by atomic mass is 10.1. The van der Waals surface area contributed by atoms with E-state index in [1.807, 2.05) is 36.4 Å². The van der Waals surface area contributed by atoms with Crippen LogP contribution in [0.5, 0.6) is 0 Å². The van der Waals surface area contributed by atoms with Crippen LogP contribution in [-0.2, 0) is 14.8 Å². The predicted octanol–water partition coefficient (Wildman–Crippen LogP) is 5.98. The van der Waals surface area contributed by atoms with E-state index in [9.17, 15) is 13.2 Å². The van der Waals surface area contributed by atoms with Crippen molar-refractivity contribution < 1.29 is 13.2 Å². The Morgan fingerprint density at radius 1 is 0.812 bits per heavy atom. The van der Waals surface area contributed by atoms with Crippen LogP contribution in [-0.4, -0.2) is 20.9 Å². The summed E-state index contributed by atoms with van der Waals surface area (Å²) in [5.74, 6) is -0.509. The van der Waals surface area contributed by atoms with Gasteiger partial charge < -0.3 is 5.32 Å². The molecule has 0 bridgehead atoms. The third-order valence-electron chi connectivity index (χ3n) is 4.83. The first-order chi connectivity index (χ1) is 15.3. The minimum Gasteiger partial charge on any atom is -0.324 e. The highest BCUT2D eigenvalue weighted by Gasteiger charge is 2.28. The van der Waals surface area contributed by atoms with Gasteiger partial charge in [-0.05, 0) is 53.2 Å². The summed E-state index contributed by atoms with van der Waals surface area (Å²) in [5.41, 5.74) is 0.724. The molecule has 0 spiro atoms. The van der Waals surface area contributed by atoms with Crippen molar-refractivity contribution in [3.8, 4) is 0 Å². The van der Waals surface area contributed by atoms with E-state index in [1.165, 1.54) is 30.3 Å². The van der Waals surface area contributed by atoms with E-state index in [1.54, 1.807) is 24.3 Å². The highest BCUT2D eigenvalue weighted by Crippen LogP contribution is 2.32. The smallest absolute Gasteiger partial charge is 0.264 e. The van der Waals surface area contributed by atoms with E-state index in [2.05, 4.69) is 5.32 Å². The van der Waals surface area contributed by atoms with Gasteiger partial charge in [0, 0.05) is 10.7 Å². The molecule has 0 aliphatic heterocycles. The molecule has 1 amide bonds. The largest absolute Gasteiger partial charge is 0.324 e. The lowest BCUT2D eigenvalue weighted by Crippen LogP contribution is -2.38. The Morgan fingerprint density at radius 3 is 2.22 bits per heavy atom. The van der Waals surface area contributed by atoms with Crippen molar-refractivity contribution >= 4 is 61.3 Å². The van der Waals surface area contributed by atoms with Crippen LogP contribution in [0.3, 0.4) is 0 Å². The summed E-state index contributed by atoms with van der Waals surface area (Å²) in [4.78, 5) is 12.9. The quantitative estimate of drug-likeness (QED) is 0.365. The van der Waals surface area contributed by atoms with Crippen LogP contribution >= 0.6 is 23.2 Å². The van der Waals surface area contributed by atoms with E-state index in [0.717, 1.165) is 15.1 Å². The number of carbonyl (C=O) groups excluding carboxylic acids is 1. The number of fused-ring (bicyclic) bond motifs is 1. The van der Waals surface area contributed by atoms with E-state index in [-0.39, 0.29) is 15.6 Å². The number of carbonyl (C=O) groups is 1. The molecule has 8 heteroatoms. The van der Waals surface area contributed by atoms with Crippen LogP contribution in [0, 0.1) is 0 Å². The molecule has 0 atom stereocenters. The van der Waals surface area contributed by atoms with Crippen molar-refractivity contribution in [3.63, 3.8) is 0 Å². The van der Waals surface area contributed by atoms with Crippen molar-refractivity contribution in [1.82, 2.24) is 0 Å². The van der Waals surface area contributed by atoms with Crippen LogP contribution in [0.2, 0.25) is 10.0 Å².